The van der Waals surface area contributed by atoms with E-state index in [9.17, 15) is 4.79 Å². The number of aliphatic hydroxyl groups excluding tert-OH is 1. The summed E-state index contributed by atoms with van der Waals surface area (Å²) in [6.45, 7) is 3.23. The van der Waals surface area contributed by atoms with Gasteiger partial charge in [-0.3, -0.25) is 4.79 Å². The van der Waals surface area contributed by atoms with Crippen molar-refractivity contribution in [1.82, 2.24) is 0 Å². The minimum atomic E-state index is -0.605. The second-order valence-electron chi connectivity index (χ2n) is 3.39. The molecule has 1 radical (unpaired) electrons. The second-order valence-corrected chi connectivity index (χ2v) is 3.39. The quantitative estimate of drug-likeness (QED) is 0.490. The number of rotatable bonds is 2. The van der Waals surface area contributed by atoms with E-state index >= 15 is 0 Å². The molecule has 0 aliphatic rings. The normalized spacial score (nSPS) is 10.6. The number of anilines is 1. The standard InChI is InChI=1S/C12H12N2O2.V/c1-8-3-5-10(6-4-8)14-12(16)11(7-13)9(2)15;/h3-6,15H,1-2H3,(H,14,16);/b11-9-;. The molecule has 1 aromatic carbocycles. The number of aliphatic hydroxyl groups is 1. The first kappa shape index (κ1) is 15.3. The van der Waals surface area contributed by atoms with Gasteiger partial charge in [0.25, 0.3) is 5.91 Å². The summed E-state index contributed by atoms with van der Waals surface area (Å²) in [5.74, 6) is -0.890. The average Bonchev–Trinajstić information content (AvgIpc) is 2.22. The summed E-state index contributed by atoms with van der Waals surface area (Å²) in [4.78, 5) is 11.5. The van der Waals surface area contributed by atoms with Crippen LogP contribution in [0.2, 0.25) is 0 Å². The molecule has 0 heterocycles. The van der Waals surface area contributed by atoms with Crippen molar-refractivity contribution in [2.24, 2.45) is 0 Å². The minimum Gasteiger partial charge on any atom is -0.511 e. The zero-order chi connectivity index (χ0) is 12.1. The molecule has 0 atom stereocenters. The first-order valence-electron chi connectivity index (χ1n) is 4.72. The van der Waals surface area contributed by atoms with Gasteiger partial charge in [0.1, 0.15) is 11.8 Å². The van der Waals surface area contributed by atoms with Gasteiger partial charge in [-0.2, -0.15) is 5.26 Å². The van der Waals surface area contributed by atoms with Crippen molar-refractivity contribution in [2.45, 2.75) is 13.8 Å². The van der Waals surface area contributed by atoms with Crippen LogP contribution in [0.25, 0.3) is 0 Å². The summed E-state index contributed by atoms with van der Waals surface area (Å²) in [6, 6.07) is 8.80. The van der Waals surface area contributed by atoms with E-state index in [0.717, 1.165) is 5.56 Å². The zero-order valence-electron chi connectivity index (χ0n) is 9.56. The van der Waals surface area contributed by atoms with Crippen molar-refractivity contribution in [2.75, 3.05) is 5.32 Å². The molecule has 1 amide bonds. The van der Waals surface area contributed by atoms with E-state index in [-0.39, 0.29) is 29.9 Å². The smallest absolute Gasteiger partial charge is 0.269 e. The Kier molecular flexibility index (Phi) is 6.12. The van der Waals surface area contributed by atoms with E-state index in [1.54, 1.807) is 18.2 Å². The van der Waals surface area contributed by atoms with Crippen molar-refractivity contribution >= 4 is 11.6 Å². The Morgan fingerprint density at radius 2 is 1.88 bits per heavy atom. The van der Waals surface area contributed by atoms with Gasteiger partial charge >= 0.3 is 0 Å². The Hall–Kier alpha value is -1.70. The number of aryl methyl sites for hydroxylation is 1. The van der Waals surface area contributed by atoms with Crippen LogP contribution < -0.4 is 5.32 Å². The van der Waals surface area contributed by atoms with Gasteiger partial charge in [-0.25, -0.2) is 0 Å². The summed E-state index contributed by atoms with van der Waals surface area (Å²) < 4.78 is 0. The van der Waals surface area contributed by atoms with E-state index in [1.807, 2.05) is 19.1 Å². The van der Waals surface area contributed by atoms with Crippen LogP contribution in [0.5, 0.6) is 0 Å². The largest absolute Gasteiger partial charge is 0.511 e. The van der Waals surface area contributed by atoms with E-state index < -0.39 is 5.91 Å². The SMILES string of the molecule is C/C(O)=C(\C#N)C(=O)Nc1ccc(C)cc1.[V]. The Labute approximate surface area is 112 Å². The molecule has 4 nitrogen and oxygen atoms in total. The third-order valence-electron chi connectivity index (χ3n) is 2.01. The van der Waals surface area contributed by atoms with Gasteiger partial charge in [-0.05, 0) is 26.0 Å². The number of carbonyl (C=O) groups excluding carboxylic acids is 1. The molecule has 0 unspecified atom stereocenters. The molecule has 5 heteroatoms. The molecular formula is C12H12N2O2V. The topological polar surface area (TPSA) is 73.1 Å². The third-order valence-corrected chi connectivity index (χ3v) is 2.01. The number of carbonyl (C=O) groups is 1. The number of nitrogens with zero attached hydrogens (tertiary/aromatic N) is 1. The molecule has 17 heavy (non-hydrogen) atoms. The van der Waals surface area contributed by atoms with Crippen molar-refractivity contribution in [3.63, 3.8) is 0 Å². The van der Waals surface area contributed by atoms with Crippen LogP contribution >= 0.6 is 0 Å². The number of nitrogens with one attached hydrogen (secondary N) is 1. The number of nitriles is 1. The van der Waals surface area contributed by atoms with Gasteiger partial charge in [-0.1, -0.05) is 17.7 Å². The molecule has 1 rings (SSSR count). The van der Waals surface area contributed by atoms with Gasteiger partial charge in [0, 0.05) is 24.2 Å². The molecule has 0 aromatic heterocycles. The molecule has 0 aliphatic heterocycles. The summed E-state index contributed by atoms with van der Waals surface area (Å²) in [7, 11) is 0. The van der Waals surface area contributed by atoms with Crippen LogP contribution in [-0.2, 0) is 23.4 Å². The predicted octanol–water partition coefficient (Wildman–Crippen LogP) is 2.29. The van der Waals surface area contributed by atoms with E-state index in [4.69, 9.17) is 10.4 Å². The fourth-order valence-corrected chi connectivity index (χ4v) is 1.13. The van der Waals surface area contributed by atoms with Crippen LogP contribution in [0.4, 0.5) is 5.69 Å². The fourth-order valence-electron chi connectivity index (χ4n) is 1.13. The van der Waals surface area contributed by atoms with Crippen LogP contribution in [0.3, 0.4) is 0 Å². The van der Waals surface area contributed by atoms with Gasteiger partial charge < -0.3 is 10.4 Å². The molecule has 1 aromatic rings. The maximum atomic E-state index is 11.5. The fraction of sp³-hybridized carbons (Fsp3) is 0.167. The number of benzene rings is 1. The molecule has 0 saturated carbocycles. The molecular weight excluding hydrogens is 255 g/mol. The number of hydrogen-bond donors (Lipinski definition) is 2. The van der Waals surface area contributed by atoms with Crippen LogP contribution in [-0.4, -0.2) is 11.0 Å². The van der Waals surface area contributed by atoms with Crippen molar-refractivity contribution in [1.29, 1.82) is 5.26 Å². The minimum absolute atomic E-state index is 0. The van der Waals surface area contributed by atoms with Gasteiger partial charge in [0.2, 0.25) is 0 Å². The first-order chi connectivity index (χ1) is 7.54. The molecule has 2 N–H and O–H groups in total. The Morgan fingerprint density at radius 3 is 2.29 bits per heavy atom. The average molecular weight is 267 g/mol. The van der Waals surface area contributed by atoms with E-state index in [1.165, 1.54) is 6.92 Å². The number of hydrogen-bond acceptors (Lipinski definition) is 3. The Bertz CT molecular complexity index is 468. The van der Waals surface area contributed by atoms with Gasteiger partial charge in [0.05, 0.1) is 0 Å². The predicted molar refractivity (Wildman–Crippen MR) is 60.8 cm³/mol. The second kappa shape index (κ2) is 6.79. The van der Waals surface area contributed by atoms with E-state index in [2.05, 4.69) is 5.32 Å². The number of allylic oxidation sites excluding steroid dienone is 1. The summed E-state index contributed by atoms with van der Waals surface area (Å²) >= 11 is 0. The van der Waals surface area contributed by atoms with Crippen molar-refractivity contribution < 1.29 is 28.5 Å². The van der Waals surface area contributed by atoms with Gasteiger partial charge in [-0.15, -0.1) is 0 Å². The van der Waals surface area contributed by atoms with E-state index in [0.29, 0.717) is 5.69 Å². The maximum absolute atomic E-state index is 11.5. The van der Waals surface area contributed by atoms with Gasteiger partial charge in [0.15, 0.2) is 5.57 Å². The van der Waals surface area contributed by atoms with Crippen molar-refractivity contribution in [3.8, 4) is 6.07 Å². The maximum Gasteiger partial charge on any atom is 0.269 e. The first-order valence-corrected chi connectivity index (χ1v) is 4.72. The monoisotopic (exact) mass is 267 g/mol. The summed E-state index contributed by atoms with van der Waals surface area (Å²) in [6.07, 6.45) is 0. The summed E-state index contributed by atoms with van der Waals surface area (Å²) in [5.41, 5.74) is 1.39. The van der Waals surface area contributed by atoms with Crippen molar-refractivity contribution in [3.05, 3.63) is 41.2 Å². The zero-order valence-corrected chi connectivity index (χ0v) is 11.0. The molecule has 0 saturated heterocycles. The van der Waals surface area contributed by atoms with Crippen LogP contribution in [0.15, 0.2) is 35.6 Å². The third kappa shape index (κ3) is 4.35. The molecule has 0 aliphatic carbocycles. The molecule has 0 bridgehead atoms. The Balaban J connectivity index is 0.00000256. The molecule has 0 spiro atoms. The molecule has 87 valence electrons. The number of amides is 1. The molecule has 0 fully saturated rings. The summed E-state index contributed by atoms with van der Waals surface area (Å²) in [5, 5.41) is 20.3. The Morgan fingerprint density at radius 1 is 1.35 bits per heavy atom. The van der Waals surface area contributed by atoms with Crippen LogP contribution in [0, 0.1) is 18.3 Å². The van der Waals surface area contributed by atoms with Crippen LogP contribution in [0.1, 0.15) is 12.5 Å².